The van der Waals surface area contributed by atoms with Crippen LogP contribution in [0.1, 0.15) is 25.7 Å². The molecule has 3 rings (SSSR count). The second kappa shape index (κ2) is 9.11. The third-order valence-electron chi connectivity index (χ3n) is 4.28. The summed E-state index contributed by atoms with van der Waals surface area (Å²) in [6.45, 7) is 3.35. The Labute approximate surface area is 149 Å². The number of hydrogen-bond donors (Lipinski definition) is 1. The molecule has 1 aromatic carbocycles. The van der Waals surface area contributed by atoms with Crippen LogP contribution in [0, 0.1) is 0 Å². The second-order valence-corrected chi connectivity index (χ2v) is 6.09. The van der Waals surface area contributed by atoms with Crippen molar-refractivity contribution in [1.82, 2.24) is 9.97 Å². The molecule has 1 N–H and O–H groups in total. The van der Waals surface area contributed by atoms with Gasteiger partial charge in [-0.15, -0.1) is 0 Å². The van der Waals surface area contributed by atoms with Crippen LogP contribution in [-0.2, 0) is 0 Å². The Balaban J connectivity index is 1.47. The number of hydrogen-bond acceptors (Lipinski definition) is 6. The first kappa shape index (κ1) is 17.3. The van der Waals surface area contributed by atoms with Gasteiger partial charge in [0.05, 0.1) is 13.7 Å². The minimum atomic E-state index is 0.545. The molecule has 1 aliphatic rings. The molecule has 0 unspecified atom stereocenters. The number of rotatable bonds is 7. The van der Waals surface area contributed by atoms with Gasteiger partial charge in [-0.1, -0.05) is 12.8 Å². The predicted molar refractivity (Wildman–Crippen MR) is 99.7 cm³/mol. The van der Waals surface area contributed by atoms with Crippen LogP contribution in [0.2, 0.25) is 0 Å². The number of methoxy groups -OCH3 is 1. The first-order chi connectivity index (χ1) is 12.3. The lowest BCUT2D eigenvalue weighted by atomic mass is 10.2. The largest absolute Gasteiger partial charge is 0.497 e. The summed E-state index contributed by atoms with van der Waals surface area (Å²) in [5.41, 5.74) is 0. The third-order valence-corrected chi connectivity index (χ3v) is 4.28. The van der Waals surface area contributed by atoms with E-state index in [1.165, 1.54) is 25.7 Å². The molecular weight excluding hydrogens is 316 g/mol. The molecule has 0 amide bonds. The molecule has 6 heteroatoms. The van der Waals surface area contributed by atoms with Crippen molar-refractivity contribution in [2.24, 2.45) is 0 Å². The van der Waals surface area contributed by atoms with Gasteiger partial charge in [-0.2, -0.15) is 4.98 Å². The Bertz CT molecular complexity index is 640. The lowest BCUT2D eigenvalue weighted by Gasteiger charge is -2.21. The molecule has 2 heterocycles. The monoisotopic (exact) mass is 342 g/mol. The summed E-state index contributed by atoms with van der Waals surface area (Å²) in [6.07, 6.45) is 6.93. The van der Waals surface area contributed by atoms with Crippen molar-refractivity contribution in [2.45, 2.75) is 25.7 Å². The van der Waals surface area contributed by atoms with E-state index < -0.39 is 0 Å². The van der Waals surface area contributed by atoms with Gasteiger partial charge in [-0.25, -0.2) is 4.98 Å². The van der Waals surface area contributed by atoms with Crippen LogP contribution < -0.4 is 19.7 Å². The van der Waals surface area contributed by atoms with Gasteiger partial charge in [0.1, 0.15) is 23.9 Å². The minimum absolute atomic E-state index is 0.545. The number of anilines is 2. The molecular formula is C19H26N4O2. The number of benzene rings is 1. The summed E-state index contributed by atoms with van der Waals surface area (Å²) in [6, 6.07) is 9.56. The van der Waals surface area contributed by atoms with Crippen LogP contribution >= 0.6 is 0 Å². The Morgan fingerprint density at radius 2 is 1.72 bits per heavy atom. The highest BCUT2D eigenvalue weighted by molar-refractivity contribution is 5.42. The zero-order valence-corrected chi connectivity index (χ0v) is 14.8. The van der Waals surface area contributed by atoms with E-state index in [0.29, 0.717) is 19.1 Å². The smallest absolute Gasteiger partial charge is 0.224 e. The number of aromatic nitrogens is 2. The molecule has 25 heavy (non-hydrogen) atoms. The summed E-state index contributed by atoms with van der Waals surface area (Å²) in [5, 5.41) is 3.23. The summed E-state index contributed by atoms with van der Waals surface area (Å²) in [5.74, 6) is 3.31. The highest BCUT2D eigenvalue weighted by Crippen LogP contribution is 2.18. The normalized spacial score (nSPS) is 14.7. The standard InChI is InChI=1S/C19H26N4O2/c1-24-16-6-8-17(9-7-16)25-15-12-21-19-20-11-10-18(22-19)23-13-4-2-3-5-14-23/h6-11H,2-5,12-15H2,1H3,(H,20,21,22). The lowest BCUT2D eigenvalue weighted by Crippen LogP contribution is -2.25. The maximum atomic E-state index is 5.71. The van der Waals surface area contributed by atoms with Crippen LogP contribution in [0.4, 0.5) is 11.8 Å². The van der Waals surface area contributed by atoms with Gasteiger partial charge in [0.25, 0.3) is 0 Å². The van der Waals surface area contributed by atoms with E-state index in [-0.39, 0.29) is 0 Å². The molecule has 6 nitrogen and oxygen atoms in total. The zero-order valence-electron chi connectivity index (χ0n) is 14.8. The fourth-order valence-electron chi connectivity index (χ4n) is 2.91. The maximum absolute atomic E-state index is 5.71. The van der Waals surface area contributed by atoms with Gasteiger partial charge >= 0.3 is 0 Å². The molecule has 0 spiro atoms. The van der Waals surface area contributed by atoms with Crippen LogP contribution in [0.5, 0.6) is 11.5 Å². The Kier molecular flexibility index (Phi) is 6.31. The summed E-state index contributed by atoms with van der Waals surface area (Å²) in [4.78, 5) is 11.3. The lowest BCUT2D eigenvalue weighted by molar-refractivity contribution is 0.331. The van der Waals surface area contributed by atoms with Gasteiger partial charge in [-0.05, 0) is 43.2 Å². The van der Waals surface area contributed by atoms with E-state index in [1.54, 1.807) is 7.11 Å². The van der Waals surface area contributed by atoms with Gasteiger partial charge in [0.15, 0.2) is 0 Å². The van der Waals surface area contributed by atoms with E-state index in [9.17, 15) is 0 Å². The molecule has 0 bridgehead atoms. The highest BCUT2D eigenvalue weighted by Gasteiger charge is 2.11. The molecule has 2 aromatic rings. The van der Waals surface area contributed by atoms with Gasteiger partial charge in [-0.3, -0.25) is 0 Å². The van der Waals surface area contributed by atoms with Crippen LogP contribution in [0.3, 0.4) is 0 Å². The Hall–Kier alpha value is -2.50. The predicted octanol–water partition coefficient (Wildman–Crippen LogP) is 3.36. The van der Waals surface area contributed by atoms with Crippen molar-refractivity contribution in [3.63, 3.8) is 0 Å². The van der Waals surface area contributed by atoms with E-state index in [4.69, 9.17) is 9.47 Å². The van der Waals surface area contributed by atoms with Crippen LogP contribution in [-0.4, -0.2) is 43.3 Å². The second-order valence-electron chi connectivity index (χ2n) is 6.09. The Morgan fingerprint density at radius 1 is 1.00 bits per heavy atom. The summed E-state index contributed by atoms with van der Waals surface area (Å²) >= 11 is 0. The fourth-order valence-corrected chi connectivity index (χ4v) is 2.91. The average molecular weight is 342 g/mol. The van der Waals surface area contributed by atoms with Crippen molar-refractivity contribution in [3.05, 3.63) is 36.5 Å². The molecule has 1 aromatic heterocycles. The number of ether oxygens (including phenoxy) is 2. The quantitative estimate of drug-likeness (QED) is 0.779. The third kappa shape index (κ3) is 5.24. The van der Waals surface area contributed by atoms with Crippen molar-refractivity contribution in [2.75, 3.05) is 43.6 Å². The zero-order chi connectivity index (χ0) is 17.3. The van der Waals surface area contributed by atoms with Crippen molar-refractivity contribution < 1.29 is 9.47 Å². The van der Waals surface area contributed by atoms with Crippen molar-refractivity contribution in [3.8, 4) is 11.5 Å². The molecule has 1 fully saturated rings. The SMILES string of the molecule is COc1ccc(OCCNc2nccc(N3CCCCCC3)n2)cc1. The van der Waals surface area contributed by atoms with Crippen LogP contribution in [0.15, 0.2) is 36.5 Å². The number of nitrogens with one attached hydrogen (secondary N) is 1. The Morgan fingerprint density at radius 3 is 2.44 bits per heavy atom. The van der Waals surface area contributed by atoms with Crippen molar-refractivity contribution in [1.29, 1.82) is 0 Å². The highest BCUT2D eigenvalue weighted by atomic mass is 16.5. The van der Waals surface area contributed by atoms with E-state index >= 15 is 0 Å². The maximum Gasteiger partial charge on any atom is 0.224 e. The molecule has 0 radical (unpaired) electrons. The molecule has 1 saturated heterocycles. The minimum Gasteiger partial charge on any atom is -0.497 e. The molecule has 0 aliphatic carbocycles. The van der Waals surface area contributed by atoms with Gasteiger partial charge in [0.2, 0.25) is 5.95 Å². The molecule has 0 atom stereocenters. The van der Waals surface area contributed by atoms with Gasteiger partial charge in [0, 0.05) is 19.3 Å². The molecule has 0 saturated carbocycles. The van der Waals surface area contributed by atoms with Crippen LogP contribution in [0.25, 0.3) is 0 Å². The summed E-state index contributed by atoms with van der Waals surface area (Å²) in [7, 11) is 1.65. The number of nitrogens with zero attached hydrogens (tertiary/aromatic N) is 3. The topological polar surface area (TPSA) is 59.5 Å². The van der Waals surface area contributed by atoms with E-state index in [0.717, 1.165) is 30.4 Å². The van der Waals surface area contributed by atoms with E-state index in [1.807, 2.05) is 36.5 Å². The molecule has 134 valence electrons. The first-order valence-corrected chi connectivity index (χ1v) is 8.94. The van der Waals surface area contributed by atoms with Gasteiger partial charge < -0.3 is 19.7 Å². The summed E-state index contributed by atoms with van der Waals surface area (Å²) < 4.78 is 10.8. The molecule has 1 aliphatic heterocycles. The fraction of sp³-hybridized carbons (Fsp3) is 0.474. The van der Waals surface area contributed by atoms with Crippen molar-refractivity contribution >= 4 is 11.8 Å². The van der Waals surface area contributed by atoms with E-state index in [2.05, 4.69) is 20.2 Å². The first-order valence-electron chi connectivity index (χ1n) is 8.94. The average Bonchev–Trinajstić information content (AvgIpc) is 2.95.